The number of carbonyl (C=O) groups is 2. The van der Waals surface area contributed by atoms with E-state index in [-0.39, 0.29) is 24.3 Å². The number of nitrogens with zero attached hydrogens (tertiary/aromatic N) is 1. The summed E-state index contributed by atoms with van der Waals surface area (Å²) < 4.78 is 23.5. The summed E-state index contributed by atoms with van der Waals surface area (Å²) in [6.07, 6.45) is 4.08. The van der Waals surface area contributed by atoms with E-state index in [4.69, 9.17) is 15.2 Å². The Kier molecular flexibility index (Phi) is 8.79. The highest BCUT2D eigenvalue weighted by atomic mass is 19.1. The molecule has 1 amide bonds. The number of nitrogens with one attached hydrogen (secondary N) is 1. The number of hydrogen-bond donors (Lipinski definition) is 2. The summed E-state index contributed by atoms with van der Waals surface area (Å²) in [7, 11) is 0. The fourth-order valence-corrected chi connectivity index (χ4v) is 2.58. The van der Waals surface area contributed by atoms with Gasteiger partial charge in [-0.05, 0) is 61.3 Å². The predicted octanol–water partition coefficient (Wildman–Crippen LogP) is 4.01. The lowest BCUT2D eigenvalue weighted by Gasteiger charge is -2.14. The molecule has 1 atom stereocenters. The number of nitrogens with two attached hydrogens (primary N) is 1. The number of anilines is 1. The maximum Gasteiger partial charge on any atom is 0.412 e. The molecule has 0 saturated carbocycles. The van der Waals surface area contributed by atoms with E-state index in [1.54, 1.807) is 18.3 Å². The molecule has 0 aliphatic heterocycles. The van der Waals surface area contributed by atoms with Gasteiger partial charge in [0.1, 0.15) is 17.7 Å². The van der Waals surface area contributed by atoms with Crippen molar-refractivity contribution in [2.75, 3.05) is 18.5 Å². The summed E-state index contributed by atoms with van der Waals surface area (Å²) >= 11 is 0. The van der Waals surface area contributed by atoms with E-state index in [2.05, 4.69) is 10.3 Å². The Morgan fingerprint density at radius 3 is 2.45 bits per heavy atom. The monoisotopic (exact) mass is 405 g/mol. The lowest BCUT2D eigenvalue weighted by atomic mass is 10.1. The quantitative estimate of drug-likeness (QED) is 0.457. The standard InChI is InChI=1S/C21H28FN3O4/c1-14(2)19(23)20(26)28-9-5-3-4-6-10-29-21(27)25-18-12-16-11-17(22)8-7-15(16)13-24-18/h7-8,11-14,19H,3-6,9-10,23H2,1-2H3,(H,24,25,27)/t19-/m0/s1. The lowest BCUT2D eigenvalue weighted by Crippen LogP contribution is -2.37. The minimum Gasteiger partial charge on any atom is -0.465 e. The fourth-order valence-electron chi connectivity index (χ4n) is 2.58. The van der Waals surface area contributed by atoms with Gasteiger partial charge in [-0.2, -0.15) is 0 Å². The van der Waals surface area contributed by atoms with Crippen molar-refractivity contribution in [1.82, 2.24) is 4.98 Å². The van der Waals surface area contributed by atoms with Crippen LogP contribution in [0, 0.1) is 11.7 Å². The molecular weight excluding hydrogens is 377 g/mol. The number of hydrogen-bond acceptors (Lipinski definition) is 6. The van der Waals surface area contributed by atoms with Crippen LogP contribution >= 0.6 is 0 Å². The summed E-state index contributed by atoms with van der Waals surface area (Å²) in [5.41, 5.74) is 5.71. The molecule has 0 spiro atoms. The number of fused-ring (bicyclic) bond motifs is 1. The molecule has 1 aromatic carbocycles. The zero-order valence-electron chi connectivity index (χ0n) is 16.8. The number of amides is 1. The van der Waals surface area contributed by atoms with Gasteiger partial charge in [0, 0.05) is 11.6 Å². The molecule has 3 N–H and O–H groups in total. The largest absolute Gasteiger partial charge is 0.465 e. The van der Waals surface area contributed by atoms with Crippen LogP contribution in [0.3, 0.4) is 0 Å². The average Bonchev–Trinajstić information content (AvgIpc) is 2.68. The van der Waals surface area contributed by atoms with E-state index in [1.165, 1.54) is 12.1 Å². The molecule has 0 saturated heterocycles. The fraction of sp³-hybridized carbons (Fsp3) is 0.476. The van der Waals surface area contributed by atoms with Crippen molar-refractivity contribution >= 4 is 28.7 Å². The first-order valence-corrected chi connectivity index (χ1v) is 9.78. The topological polar surface area (TPSA) is 104 Å². The van der Waals surface area contributed by atoms with Gasteiger partial charge in [0.25, 0.3) is 0 Å². The molecule has 29 heavy (non-hydrogen) atoms. The molecule has 2 rings (SSSR count). The third-order valence-electron chi connectivity index (χ3n) is 4.42. The number of ether oxygens (including phenoxy) is 2. The smallest absolute Gasteiger partial charge is 0.412 e. The summed E-state index contributed by atoms with van der Waals surface area (Å²) in [5, 5.41) is 3.96. The van der Waals surface area contributed by atoms with Crippen LogP contribution in [0.4, 0.5) is 15.0 Å². The van der Waals surface area contributed by atoms with Crippen LogP contribution in [0.15, 0.2) is 30.5 Å². The van der Waals surface area contributed by atoms with E-state index in [9.17, 15) is 14.0 Å². The number of rotatable bonds is 10. The molecule has 158 valence electrons. The summed E-state index contributed by atoms with van der Waals surface area (Å²) in [4.78, 5) is 27.5. The SMILES string of the molecule is CC(C)[C@H](N)C(=O)OCCCCCCOC(=O)Nc1cc2cc(F)ccc2cn1. The summed E-state index contributed by atoms with van der Waals surface area (Å²) in [6.45, 7) is 4.36. The predicted molar refractivity (Wildman–Crippen MR) is 109 cm³/mol. The Hall–Kier alpha value is -2.74. The molecule has 0 radical (unpaired) electrons. The minimum atomic E-state index is -0.607. The first-order valence-electron chi connectivity index (χ1n) is 9.78. The minimum absolute atomic E-state index is 0.0526. The van der Waals surface area contributed by atoms with Crippen molar-refractivity contribution in [3.8, 4) is 0 Å². The first-order chi connectivity index (χ1) is 13.9. The van der Waals surface area contributed by atoms with Gasteiger partial charge in [-0.25, -0.2) is 14.2 Å². The van der Waals surface area contributed by atoms with Gasteiger partial charge in [0.2, 0.25) is 0 Å². The van der Waals surface area contributed by atoms with Gasteiger partial charge >= 0.3 is 12.1 Å². The second-order valence-electron chi connectivity index (χ2n) is 7.17. The number of benzene rings is 1. The Morgan fingerprint density at radius 2 is 1.76 bits per heavy atom. The van der Waals surface area contributed by atoms with E-state index in [1.807, 2.05) is 13.8 Å². The Morgan fingerprint density at radius 1 is 1.07 bits per heavy atom. The highest BCUT2D eigenvalue weighted by Crippen LogP contribution is 2.18. The molecule has 2 aromatic rings. The Labute approximate surface area is 169 Å². The van der Waals surface area contributed by atoms with E-state index in [0.29, 0.717) is 24.2 Å². The van der Waals surface area contributed by atoms with Crippen molar-refractivity contribution < 1.29 is 23.5 Å². The second kappa shape index (κ2) is 11.3. The second-order valence-corrected chi connectivity index (χ2v) is 7.17. The maximum atomic E-state index is 13.3. The third-order valence-corrected chi connectivity index (χ3v) is 4.42. The van der Waals surface area contributed by atoms with Crippen LogP contribution in [0.2, 0.25) is 0 Å². The highest BCUT2D eigenvalue weighted by Gasteiger charge is 2.18. The van der Waals surface area contributed by atoms with Crippen molar-refractivity contribution in [1.29, 1.82) is 0 Å². The van der Waals surface area contributed by atoms with Crippen LogP contribution in [-0.2, 0) is 14.3 Å². The Balaban J connectivity index is 1.58. The number of carbonyl (C=O) groups excluding carboxylic acids is 2. The third kappa shape index (κ3) is 7.65. The molecule has 1 aromatic heterocycles. The van der Waals surface area contributed by atoms with Gasteiger partial charge in [-0.3, -0.25) is 10.1 Å². The number of pyridine rings is 1. The Bertz CT molecular complexity index is 829. The number of unbranched alkanes of at least 4 members (excludes halogenated alkanes) is 3. The van der Waals surface area contributed by atoms with Gasteiger partial charge in [0.05, 0.1) is 13.2 Å². The van der Waals surface area contributed by atoms with Crippen molar-refractivity contribution in [2.45, 2.75) is 45.6 Å². The molecule has 0 unspecified atom stereocenters. The molecule has 0 aliphatic carbocycles. The first kappa shape index (κ1) is 22.5. The van der Waals surface area contributed by atoms with Gasteiger partial charge in [-0.1, -0.05) is 13.8 Å². The molecule has 0 bridgehead atoms. The van der Waals surface area contributed by atoms with Crippen LogP contribution < -0.4 is 11.1 Å². The number of esters is 1. The molecule has 8 heteroatoms. The number of halogens is 1. The van der Waals surface area contributed by atoms with E-state index in [0.717, 1.165) is 24.6 Å². The van der Waals surface area contributed by atoms with Crippen LogP contribution in [-0.4, -0.2) is 36.3 Å². The van der Waals surface area contributed by atoms with Crippen molar-refractivity contribution in [3.63, 3.8) is 0 Å². The maximum absolute atomic E-state index is 13.3. The van der Waals surface area contributed by atoms with Crippen molar-refractivity contribution in [3.05, 3.63) is 36.3 Å². The van der Waals surface area contributed by atoms with Crippen LogP contribution in [0.1, 0.15) is 39.5 Å². The summed E-state index contributed by atoms with van der Waals surface area (Å²) in [5.74, 6) is -0.369. The van der Waals surface area contributed by atoms with E-state index >= 15 is 0 Å². The molecular formula is C21H28FN3O4. The normalized spacial score (nSPS) is 12.0. The van der Waals surface area contributed by atoms with E-state index < -0.39 is 12.1 Å². The molecule has 0 aliphatic rings. The highest BCUT2D eigenvalue weighted by molar-refractivity contribution is 5.89. The van der Waals surface area contributed by atoms with Gasteiger partial charge in [0.15, 0.2) is 0 Å². The molecule has 1 heterocycles. The zero-order valence-corrected chi connectivity index (χ0v) is 16.8. The number of aromatic nitrogens is 1. The molecule has 0 fully saturated rings. The van der Waals surface area contributed by atoms with Gasteiger partial charge in [-0.15, -0.1) is 0 Å². The van der Waals surface area contributed by atoms with Gasteiger partial charge < -0.3 is 15.2 Å². The summed E-state index contributed by atoms with van der Waals surface area (Å²) in [6, 6.07) is 5.36. The van der Waals surface area contributed by atoms with Crippen molar-refractivity contribution in [2.24, 2.45) is 11.7 Å². The van der Waals surface area contributed by atoms with Crippen LogP contribution in [0.5, 0.6) is 0 Å². The zero-order chi connectivity index (χ0) is 21.2. The van der Waals surface area contributed by atoms with Crippen LogP contribution in [0.25, 0.3) is 10.8 Å². The molecule has 7 nitrogen and oxygen atoms in total. The lowest BCUT2D eigenvalue weighted by molar-refractivity contribution is -0.146. The average molecular weight is 405 g/mol.